The zero-order chi connectivity index (χ0) is 28.6. The van der Waals surface area contributed by atoms with Crippen LogP contribution in [0.5, 0.6) is 11.5 Å². The summed E-state index contributed by atoms with van der Waals surface area (Å²) in [5.74, 6) is 1.23. The number of amides is 1. The first-order chi connectivity index (χ1) is 20.0. The lowest BCUT2D eigenvalue weighted by Crippen LogP contribution is -2.41. The molecule has 1 N–H and O–H groups in total. The van der Waals surface area contributed by atoms with Gasteiger partial charge >= 0.3 is 0 Å². The number of phenolic OH excluding ortho intramolecular Hbond substituents is 1. The molecule has 5 rings (SSSR count). The normalized spacial score (nSPS) is 13.4. The Morgan fingerprint density at radius 3 is 2.32 bits per heavy atom. The molecule has 1 aliphatic heterocycles. The fraction of sp³-hybridized carbons (Fsp3) is 0.229. The van der Waals surface area contributed by atoms with Crippen molar-refractivity contribution in [3.05, 3.63) is 119 Å². The number of benzene rings is 4. The van der Waals surface area contributed by atoms with E-state index < -0.39 is 0 Å². The number of ketones is 1. The monoisotopic (exact) mass is 544 g/mol. The average Bonchev–Trinajstić information content (AvgIpc) is 3.03. The second-order valence-electron chi connectivity index (χ2n) is 10.4. The number of hydrogen-bond acceptors (Lipinski definition) is 5. The molecule has 41 heavy (non-hydrogen) atoms. The van der Waals surface area contributed by atoms with Crippen LogP contribution in [0.2, 0.25) is 0 Å². The minimum atomic E-state index is -0.0859. The molecule has 0 bridgehead atoms. The lowest BCUT2D eigenvalue weighted by Gasteiger charge is -2.32. The number of piperidine rings is 1. The Morgan fingerprint density at radius 1 is 0.878 bits per heavy atom. The number of ether oxygens (including phenoxy) is 1. The Kier molecular flexibility index (Phi) is 8.76. The summed E-state index contributed by atoms with van der Waals surface area (Å²) in [6.45, 7) is 1.31. The van der Waals surface area contributed by atoms with Crippen molar-refractivity contribution in [3.8, 4) is 28.7 Å². The van der Waals surface area contributed by atoms with E-state index in [0.717, 1.165) is 36.8 Å². The van der Waals surface area contributed by atoms with Gasteiger partial charge in [0, 0.05) is 29.8 Å². The molecule has 0 saturated carbocycles. The van der Waals surface area contributed by atoms with E-state index in [4.69, 9.17) is 4.74 Å². The Balaban J connectivity index is 1.19. The molecule has 1 saturated heterocycles. The number of phenols is 1. The van der Waals surface area contributed by atoms with E-state index >= 15 is 0 Å². The smallest absolute Gasteiger partial charge is 0.260 e. The summed E-state index contributed by atoms with van der Waals surface area (Å²) in [5, 5.41) is 19.1. The van der Waals surface area contributed by atoms with E-state index in [9.17, 15) is 20.0 Å². The molecule has 6 nitrogen and oxygen atoms in total. The first kappa shape index (κ1) is 27.7. The average molecular weight is 545 g/mol. The highest BCUT2D eigenvalue weighted by Crippen LogP contribution is 2.32. The molecule has 0 atom stereocenters. The van der Waals surface area contributed by atoms with Crippen molar-refractivity contribution in [2.45, 2.75) is 25.7 Å². The Bertz CT molecular complexity index is 1550. The fourth-order valence-corrected chi connectivity index (χ4v) is 5.29. The first-order valence-electron chi connectivity index (χ1n) is 13.9. The number of hydrogen-bond donors (Lipinski definition) is 1. The number of carbonyl (C=O) groups is 2. The van der Waals surface area contributed by atoms with Crippen LogP contribution in [-0.2, 0) is 11.2 Å². The van der Waals surface area contributed by atoms with E-state index in [2.05, 4.69) is 6.07 Å². The zero-order valence-electron chi connectivity index (χ0n) is 22.8. The van der Waals surface area contributed by atoms with Gasteiger partial charge in [0.2, 0.25) is 0 Å². The number of rotatable bonds is 9. The molecule has 0 aliphatic carbocycles. The summed E-state index contributed by atoms with van der Waals surface area (Å²) in [5.41, 5.74) is 4.29. The Labute approximate surface area is 240 Å². The summed E-state index contributed by atoms with van der Waals surface area (Å²) in [4.78, 5) is 27.7. The standard InChI is InChI=1S/C35H32N2O4/c36-23-27-11-16-33(32(22-27)28-12-14-30(15-13-28)35(40)29-6-2-1-3-7-29)41-24-34(39)37-19-17-25(18-20-37)9-10-26-5-4-8-31(38)21-26/h1-8,11-16,21-22,25,38H,9-10,17-20,24H2. The van der Waals surface area contributed by atoms with Crippen molar-refractivity contribution in [2.24, 2.45) is 5.92 Å². The van der Waals surface area contributed by atoms with Gasteiger partial charge in [-0.25, -0.2) is 0 Å². The second-order valence-corrected chi connectivity index (χ2v) is 10.4. The summed E-state index contributed by atoms with van der Waals surface area (Å²) >= 11 is 0. The van der Waals surface area contributed by atoms with Gasteiger partial charge in [-0.15, -0.1) is 0 Å². The lowest BCUT2D eigenvalue weighted by molar-refractivity contribution is -0.134. The van der Waals surface area contributed by atoms with E-state index in [1.54, 1.807) is 48.5 Å². The van der Waals surface area contributed by atoms with Crippen LogP contribution in [0.4, 0.5) is 0 Å². The molecule has 1 fully saturated rings. The highest BCUT2D eigenvalue weighted by atomic mass is 16.5. The van der Waals surface area contributed by atoms with Crippen LogP contribution in [0.15, 0.2) is 97.1 Å². The van der Waals surface area contributed by atoms with Crippen LogP contribution in [0.25, 0.3) is 11.1 Å². The van der Waals surface area contributed by atoms with Gasteiger partial charge in [0.05, 0.1) is 11.6 Å². The van der Waals surface area contributed by atoms with Gasteiger partial charge in [-0.1, -0.05) is 66.7 Å². The lowest BCUT2D eigenvalue weighted by atomic mass is 9.90. The number of nitrogens with zero attached hydrogens (tertiary/aromatic N) is 2. The fourth-order valence-electron chi connectivity index (χ4n) is 5.29. The zero-order valence-corrected chi connectivity index (χ0v) is 22.8. The second kappa shape index (κ2) is 13.0. The van der Waals surface area contributed by atoms with Crippen LogP contribution >= 0.6 is 0 Å². The first-order valence-corrected chi connectivity index (χ1v) is 13.9. The van der Waals surface area contributed by atoms with Gasteiger partial charge in [-0.3, -0.25) is 9.59 Å². The number of nitriles is 1. The maximum absolute atomic E-state index is 13.0. The van der Waals surface area contributed by atoms with E-state index in [1.165, 1.54) is 0 Å². The van der Waals surface area contributed by atoms with Crippen LogP contribution in [0.1, 0.15) is 46.3 Å². The summed E-state index contributed by atoms with van der Waals surface area (Å²) in [7, 11) is 0. The maximum Gasteiger partial charge on any atom is 0.260 e. The molecule has 0 spiro atoms. The van der Waals surface area contributed by atoms with Crippen molar-refractivity contribution < 1.29 is 19.4 Å². The Morgan fingerprint density at radius 2 is 1.61 bits per heavy atom. The largest absolute Gasteiger partial charge is 0.508 e. The predicted octanol–water partition coefficient (Wildman–Crippen LogP) is 6.41. The number of likely N-dealkylation sites (tertiary alicyclic amines) is 1. The molecule has 206 valence electrons. The molecule has 1 aliphatic rings. The Hall–Kier alpha value is -4.89. The number of carbonyl (C=O) groups excluding carboxylic acids is 2. The van der Waals surface area contributed by atoms with Crippen LogP contribution in [0, 0.1) is 17.2 Å². The van der Waals surface area contributed by atoms with Gasteiger partial charge in [-0.05, 0) is 73.1 Å². The number of aryl methyl sites for hydroxylation is 1. The van der Waals surface area contributed by atoms with E-state index in [0.29, 0.717) is 52.8 Å². The topological polar surface area (TPSA) is 90.6 Å². The predicted molar refractivity (Wildman–Crippen MR) is 158 cm³/mol. The van der Waals surface area contributed by atoms with Crippen molar-refractivity contribution in [2.75, 3.05) is 19.7 Å². The van der Waals surface area contributed by atoms with Crippen molar-refractivity contribution in [1.29, 1.82) is 5.26 Å². The molecular formula is C35H32N2O4. The van der Waals surface area contributed by atoms with Gasteiger partial charge in [0.1, 0.15) is 11.5 Å². The van der Waals surface area contributed by atoms with Crippen molar-refractivity contribution in [1.82, 2.24) is 4.90 Å². The molecule has 0 radical (unpaired) electrons. The SMILES string of the molecule is N#Cc1ccc(OCC(=O)N2CCC(CCc3cccc(O)c3)CC2)c(-c2ccc(C(=O)c3ccccc3)cc2)c1. The highest BCUT2D eigenvalue weighted by Gasteiger charge is 2.23. The molecule has 1 amide bonds. The summed E-state index contributed by atoms with van der Waals surface area (Å²) in [6, 6.07) is 31.0. The third-order valence-corrected chi connectivity index (χ3v) is 7.67. The molecule has 0 aromatic heterocycles. The van der Waals surface area contributed by atoms with Gasteiger partial charge < -0.3 is 14.7 Å². The number of aromatic hydroxyl groups is 1. The molecular weight excluding hydrogens is 512 g/mol. The maximum atomic E-state index is 13.0. The van der Waals surface area contributed by atoms with E-state index in [-0.39, 0.29) is 18.3 Å². The van der Waals surface area contributed by atoms with E-state index in [1.807, 2.05) is 53.4 Å². The highest BCUT2D eigenvalue weighted by molar-refractivity contribution is 6.09. The molecule has 0 unspecified atom stereocenters. The molecule has 4 aromatic carbocycles. The minimum Gasteiger partial charge on any atom is -0.508 e. The third-order valence-electron chi connectivity index (χ3n) is 7.67. The summed E-state index contributed by atoms with van der Waals surface area (Å²) < 4.78 is 6.01. The van der Waals surface area contributed by atoms with Crippen LogP contribution < -0.4 is 4.74 Å². The van der Waals surface area contributed by atoms with Crippen LogP contribution in [-0.4, -0.2) is 41.4 Å². The summed E-state index contributed by atoms with van der Waals surface area (Å²) in [6.07, 6.45) is 3.84. The third kappa shape index (κ3) is 7.01. The van der Waals surface area contributed by atoms with Gasteiger partial charge in [-0.2, -0.15) is 5.26 Å². The van der Waals surface area contributed by atoms with Crippen molar-refractivity contribution >= 4 is 11.7 Å². The molecule has 6 heteroatoms. The minimum absolute atomic E-state index is 0.0597. The van der Waals surface area contributed by atoms with Gasteiger partial charge in [0.25, 0.3) is 5.91 Å². The van der Waals surface area contributed by atoms with Gasteiger partial charge in [0.15, 0.2) is 12.4 Å². The van der Waals surface area contributed by atoms with Crippen LogP contribution in [0.3, 0.4) is 0 Å². The molecule has 1 heterocycles. The van der Waals surface area contributed by atoms with Crippen molar-refractivity contribution in [3.63, 3.8) is 0 Å². The quantitative estimate of drug-likeness (QED) is 0.246. The molecule has 4 aromatic rings.